The minimum atomic E-state index is 0.331. The summed E-state index contributed by atoms with van der Waals surface area (Å²) in [5, 5.41) is 3.62. The van der Waals surface area contributed by atoms with Crippen LogP contribution in [0.25, 0.3) is 0 Å². The standard InChI is InChI=1S/C9H13ClN4/c10-7-8(11)13-5-14-9(7)12-4-6-2-1-3-6/h5-6H,1-4H2,(H3,11,12,13,14). The van der Waals surface area contributed by atoms with Crippen molar-refractivity contribution in [2.75, 3.05) is 17.6 Å². The van der Waals surface area contributed by atoms with Gasteiger partial charge in [-0.05, 0) is 18.8 Å². The fraction of sp³-hybridized carbons (Fsp3) is 0.556. The van der Waals surface area contributed by atoms with Crippen molar-refractivity contribution in [1.29, 1.82) is 0 Å². The second kappa shape index (κ2) is 4.00. The number of nitrogen functional groups attached to an aromatic ring is 1. The highest BCUT2D eigenvalue weighted by molar-refractivity contribution is 6.35. The van der Waals surface area contributed by atoms with Crippen LogP contribution >= 0.6 is 11.6 Å². The zero-order chi connectivity index (χ0) is 9.97. The lowest BCUT2D eigenvalue weighted by molar-refractivity contribution is 0.333. The van der Waals surface area contributed by atoms with Gasteiger partial charge < -0.3 is 11.1 Å². The molecule has 4 nitrogen and oxygen atoms in total. The fourth-order valence-corrected chi connectivity index (χ4v) is 1.61. The van der Waals surface area contributed by atoms with Gasteiger partial charge in [-0.25, -0.2) is 9.97 Å². The Bertz CT molecular complexity index is 325. The van der Waals surface area contributed by atoms with Crippen molar-refractivity contribution in [1.82, 2.24) is 9.97 Å². The van der Waals surface area contributed by atoms with E-state index in [2.05, 4.69) is 15.3 Å². The van der Waals surface area contributed by atoms with E-state index in [-0.39, 0.29) is 0 Å². The normalized spacial score (nSPS) is 16.4. The van der Waals surface area contributed by atoms with E-state index >= 15 is 0 Å². The average Bonchev–Trinajstić information content (AvgIpc) is 2.09. The van der Waals surface area contributed by atoms with Crippen LogP contribution in [0.1, 0.15) is 19.3 Å². The highest BCUT2D eigenvalue weighted by Gasteiger charge is 2.17. The molecule has 0 unspecified atom stereocenters. The summed E-state index contributed by atoms with van der Waals surface area (Å²) in [5.74, 6) is 1.74. The molecule has 3 N–H and O–H groups in total. The molecule has 1 fully saturated rings. The van der Waals surface area contributed by atoms with Crippen molar-refractivity contribution in [3.63, 3.8) is 0 Å². The number of nitrogens with one attached hydrogen (secondary N) is 1. The molecule has 76 valence electrons. The molecule has 1 aromatic heterocycles. The molecular weight excluding hydrogens is 200 g/mol. The molecule has 1 saturated carbocycles. The quantitative estimate of drug-likeness (QED) is 0.804. The fourth-order valence-electron chi connectivity index (χ4n) is 1.44. The maximum absolute atomic E-state index is 5.93. The van der Waals surface area contributed by atoms with Crippen molar-refractivity contribution in [3.05, 3.63) is 11.3 Å². The van der Waals surface area contributed by atoms with Crippen LogP contribution in [-0.4, -0.2) is 16.5 Å². The minimum Gasteiger partial charge on any atom is -0.382 e. The average molecular weight is 213 g/mol. The van der Waals surface area contributed by atoms with E-state index < -0.39 is 0 Å². The smallest absolute Gasteiger partial charge is 0.150 e. The minimum absolute atomic E-state index is 0.331. The molecule has 0 saturated heterocycles. The molecule has 14 heavy (non-hydrogen) atoms. The summed E-state index contributed by atoms with van der Waals surface area (Å²) in [6, 6.07) is 0. The van der Waals surface area contributed by atoms with Crippen LogP contribution in [0, 0.1) is 5.92 Å². The van der Waals surface area contributed by atoms with E-state index in [9.17, 15) is 0 Å². The third kappa shape index (κ3) is 1.90. The van der Waals surface area contributed by atoms with Crippen LogP contribution in [0.3, 0.4) is 0 Å². The Morgan fingerprint density at radius 1 is 1.50 bits per heavy atom. The number of hydrogen-bond acceptors (Lipinski definition) is 4. The first-order valence-electron chi connectivity index (χ1n) is 4.77. The van der Waals surface area contributed by atoms with Gasteiger partial charge in [0.25, 0.3) is 0 Å². The first kappa shape index (κ1) is 9.52. The molecule has 1 aromatic rings. The van der Waals surface area contributed by atoms with Crippen LogP contribution < -0.4 is 11.1 Å². The number of halogens is 1. The van der Waals surface area contributed by atoms with Crippen LogP contribution in [0.5, 0.6) is 0 Å². The summed E-state index contributed by atoms with van der Waals surface area (Å²) in [6.07, 6.45) is 5.35. The molecule has 1 aliphatic rings. The van der Waals surface area contributed by atoms with E-state index in [0.29, 0.717) is 16.7 Å². The van der Waals surface area contributed by atoms with Gasteiger partial charge in [0, 0.05) is 6.54 Å². The largest absolute Gasteiger partial charge is 0.382 e. The zero-order valence-corrected chi connectivity index (χ0v) is 8.59. The van der Waals surface area contributed by atoms with E-state index in [1.54, 1.807) is 0 Å². The van der Waals surface area contributed by atoms with Crippen LogP contribution in [0.2, 0.25) is 5.02 Å². The van der Waals surface area contributed by atoms with Gasteiger partial charge in [-0.1, -0.05) is 18.0 Å². The molecule has 0 amide bonds. The maximum Gasteiger partial charge on any atom is 0.150 e. The molecule has 0 bridgehead atoms. The molecule has 2 rings (SSSR count). The van der Waals surface area contributed by atoms with Crippen molar-refractivity contribution in [2.45, 2.75) is 19.3 Å². The van der Waals surface area contributed by atoms with E-state index in [4.69, 9.17) is 17.3 Å². The van der Waals surface area contributed by atoms with Crippen LogP contribution in [0.4, 0.5) is 11.6 Å². The van der Waals surface area contributed by atoms with Crippen molar-refractivity contribution >= 4 is 23.2 Å². The van der Waals surface area contributed by atoms with Gasteiger partial charge in [-0.15, -0.1) is 0 Å². The lowest BCUT2D eigenvalue weighted by atomic mass is 9.85. The highest BCUT2D eigenvalue weighted by atomic mass is 35.5. The van der Waals surface area contributed by atoms with Crippen molar-refractivity contribution in [3.8, 4) is 0 Å². The van der Waals surface area contributed by atoms with Crippen LogP contribution in [-0.2, 0) is 0 Å². The van der Waals surface area contributed by atoms with Gasteiger partial charge in [0.1, 0.15) is 23.0 Å². The molecule has 1 heterocycles. The first-order valence-corrected chi connectivity index (χ1v) is 5.15. The molecular formula is C9H13ClN4. The van der Waals surface area contributed by atoms with Crippen LogP contribution in [0.15, 0.2) is 6.33 Å². The number of aromatic nitrogens is 2. The van der Waals surface area contributed by atoms with E-state index in [1.165, 1.54) is 25.6 Å². The molecule has 0 atom stereocenters. The van der Waals surface area contributed by atoms with Gasteiger partial charge >= 0.3 is 0 Å². The first-order chi connectivity index (χ1) is 6.77. The highest BCUT2D eigenvalue weighted by Crippen LogP contribution is 2.28. The third-order valence-electron chi connectivity index (χ3n) is 2.60. The molecule has 0 spiro atoms. The van der Waals surface area contributed by atoms with Crippen molar-refractivity contribution < 1.29 is 0 Å². The molecule has 5 heteroatoms. The number of anilines is 2. The van der Waals surface area contributed by atoms with E-state index in [0.717, 1.165) is 12.5 Å². The summed E-state index contributed by atoms with van der Waals surface area (Å²) < 4.78 is 0. The predicted molar refractivity (Wildman–Crippen MR) is 57.3 cm³/mol. The SMILES string of the molecule is Nc1ncnc(NCC2CCC2)c1Cl. The molecule has 0 radical (unpaired) electrons. The van der Waals surface area contributed by atoms with Gasteiger partial charge in [-0.3, -0.25) is 0 Å². The van der Waals surface area contributed by atoms with Crippen molar-refractivity contribution in [2.24, 2.45) is 5.92 Å². The van der Waals surface area contributed by atoms with Gasteiger partial charge in [0.15, 0.2) is 0 Å². The second-order valence-corrected chi connectivity index (χ2v) is 3.98. The van der Waals surface area contributed by atoms with Gasteiger partial charge in [0.2, 0.25) is 0 Å². The Morgan fingerprint density at radius 2 is 2.29 bits per heavy atom. The molecule has 0 aromatic carbocycles. The summed E-state index contributed by atoms with van der Waals surface area (Å²) in [6.45, 7) is 0.927. The lowest BCUT2D eigenvalue weighted by Gasteiger charge is -2.25. The topological polar surface area (TPSA) is 63.8 Å². The second-order valence-electron chi connectivity index (χ2n) is 3.60. The Hall–Kier alpha value is -1.03. The predicted octanol–water partition coefficient (Wildman–Crippen LogP) is 1.92. The van der Waals surface area contributed by atoms with Gasteiger partial charge in [-0.2, -0.15) is 0 Å². The molecule has 0 aliphatic heterocycles. The zero-order valence-electron chi connectivity index (χ0n) is 7.83. The Kier molecular flexibility index (Phi) is 2.72. The van der Waals surface area contributed by atoms with E-state index in [1.807, 2.05) is 0 Å². The monoisotopic (exact) mass is 212 g/mol. The summed E-state index contributed by atoms with van der Waals surface area (Å²) in [7, 11) is 0. The number of rotatable bonds is 3. The Labute approximate surface area is 87.9 Å². The Morgan fingerprint density at radius 3 is 2.93 bits per heavy atom. The number of nitrogens with zero attached hydrogens (tertiary/aromatic N) is 2. The maximum atomic E-state index is 5.93. The third-order valence-corrected chi connectivity index (χ3v) is 2.97. The lowest BCUT2D eigenvalue weighted by Crippen LogP contribution is -2.21. The Balaban J connectivity index is 1.97. The summed E-state index contributed by atoms with van der Waals surface area (Å²) in [5.41, 5.74) is 5.55. The number of hydrogen-bond donors (Lipinski definition) is 2. The van der Waals surface area contributed by atoms with Gasteiger partial charge in [0.05, 0.1) is 0 Å². The summed E-state index contributed by atoms with van der Waals surface area (Å²) in [4.78, 5) is 7.83. The molecule has 1 aliphatic carbocycles. The summed E-state index contributed by atoms with van der Waals surface area (Å²) >= 11 is 5.93. The number of nitrogens with two attached hydrogens (primary N) is 1.